The molecule has 1 aromatic heterocycles. The smallest absolute Gasteiger partial charge is 0.250 e. The Morgan fingerprint density at radius 1 is 1.32 bits per heavy atom. The van der Waals surface area contributed by atoms with Crippen LogP contribution in [0.1, 0.15) is 11.6 Å². The molecule has 1 atom stereocenters. The van der Waals surface area contributed by atoms with Gasteiger partial charge in [0.05, 0.1) is 13.2 Å². The molecule has 0 aliphatic heterocycles. The Labute approximate surface area is 119 Å². The summed E-state index contributed by atoms with van der Waals surface area (Å²) in [4.78, 5) is 11.7. The maximum Gasteiger partial charge on any atom is 0.250 e. The number of rotatable bonds is 4. The van der Waals surface area contributed by atoms with Gasteiger partial charge in [0.1, 0.15) is 5.75 Å². The van der Waals surface area contributed by atoms with Gasteiger partial charge in [-0.3, -0.25) is 4.79 Å². The first-order valence-electron chi connectivity index (χ1n) is 5.86. The van der Waals surface area contributed by atoms with Gasteiger partial charge < -0.3 is 15.0 Å². The monoisotopic (exact) mass is 322 g/mol. The Bertz CT molecular complexity index is 625. The quantitative estimate of drug-likeness (QED) is 0.939. The minimum Gasteiger partial charge on any atom is -0.496 e. The third kappa shape index (κ3) is 3.24. The molecule has 19 heavy (non-hydrogen) atoms. The molecule has 1 unspecified atom stereocenters. The fourth-order valence-corrected chi connectivity index (χ4v) is 2.31. The number of aromatic nitrogens is 1. The largest absolute Gasteiger partial charge is 0.496 e. The summed E-state index contributed by atoms with van der Waals surface area (Å²) in [5, 5.41) is 0. The summed E-state index contributed by atoms with van der Waals surface area (Å²) >= 11 is 3.35. The summed E-state index contributed by atoms with van der Waals surface area (Å²) in [7, 11) is 1.61. The van der Waals surface area contributed by atoms with Crippen molar-refractivity contribution in [1.82, 2.24) is 4.57 Å². The summed E-state index contributed by atoms with van der Waals surface area (Å²) < 4.78 is 7.71. The van der Waals surface area contributed by atoms with Crippen molar-refractivity contribution in [3.05, 3.63) is 63.0 Å². The van der Waals surface area contributed by atoms with Gasteiger partial charge in [-0.05, 0) is 28.1 Å². The summed E-state index contributed by atoms with van der Waals surface area (Å²) in [5.74, 6) is 0.734. The van der Waals surface area contributed by atoms with Crippen molar-refractivity contribution in [2.45, 2.75) is 12.6 Å². The Hall–Kier alpha value is -1.59. The van der Waals surface area contributed by atoms with Crippen LogP contribution in [0.4, 0.5) is 0 Å². The molecule has 0 radical (unpaired) electrons. The number of halogens is 1. The van der Waals surface area contributed by atoms with E-state index in [1.807, 2.05) is 24.3 Å². The first-order chi connectivity index (χ1) is 9.11. The van der Waals surface area contributed by atoms with Crippen molar-refractivity contribution >= 4 is 15.9 Å². The molecular formula is C14H15BrN2O2. The molecule has 0 bridgehead atoms. The van der Waals surface area contributed by atoms with Crippen LogP contribution in [0.25, 0.3) is 0 Å². The molecule has 0 saturated heterocycles. The average Bonchev–Trinajstić information content (AvgIpc) is 2.42. The zero-order valence-electron chi connectivity index (χ0n) is 10.5. The minimum absolute atomic E-state index is 0.0754. The second-order valence-electron chi connectivity index (χ2n) is 4.19. The van der Waals surface area contributed by atoms with Crippen LogP contribution in [-0.4, -0.2) is 11.7 Å². The highest BCUT2D eigenvalue weighted by Crippen LogP contribution is 2.24. The van der Waals surface area contributed by atoms with Crippen molar-refractivity contribution in [3.63, 3.8) is 0 Å². The van der Waals surface area contributed by atoms with Crippen molar-refractivity contribution in [2.75, 3.05) is 7.11 Å². The Morgan fingerprint density at radius 2 is 2.05 bits per heavy atom. The second-order valence-corrected chi connectivity index (χ2v) is 5.10. The van der Waals surface area contributed by atoms with Crippen LogP contribution < -0.4 is 16.0 Å². The van der Waals surface area contributed by atoms with Crippen molar-refractivity contribution in [1.29, 1.82) is 0 Å². The van der Waals surface area contributed by atoms with E-state index in [4.69, 9.17) is 10.5 Å². The maximum absolute atomic E-state index is 11.7. The molecule has 2 N–H and O–H groups in total. The predicted octanol–water partition coefficient (Wildman–Crippen LogP) is 2.32. The highest BCUT2D eigenvalue weighted by Gasteiger charge is 2.12. The lowest BCUT2D eigenvalue weighted by molar-refractivity contribution is 0.401. The molecule has 0 saturated carbocycles. The van der Waals surface area contributed by atoms with Crippen LogP contribution in [0.15, 0.2) is 51.9 Å². The highest BCUT2D eigenvalue weighted by atomic mass is 79.9. The van der Waals surface area contributed by atoms with E-state index in [9.17, 15) is 4.79 Å². The molecule has 100 valence electrons. The van der Waals surface area contributed by atoms with E-state index in [1.54, 1.807) is 23.9 Å². The van der Waals surface area contributed by atoms with E-state index < -0.39 is 0 Å². The van der Waals surface area contributed by atoms with Crippen LogP contribution in [0, 0.1) is 0 Å². The molecule has 0 spiro atoms. The predicted molar refractivity (Wildman–Crippen MR) is 78.3 cm³/mol. The molecule has 2 rings (SSSR count). The van der Waals surface area contributed by atoms with Crippen LogP contribution in [0.5, 0.6) is 5.75 Å². The highest BCUT2D eigenvalue weighted by molar-refractivity contribution is 9.10. The molecule has 2 aromatic rings. The molecule has 4 nitrogen and oxygen atoms in total. The number of hydrogen-bond donors (Lipinski definition) is 1. The second kappa shape index (κ2) is 6.04. The third-order valence-corrected chi connectivity index (χ3v) is 3.35. The Balaban J connectivity index is 2.28. The molecule has 0 aliphatic carbocycles. The van der Waals surface area contributed by atoms with Crippen LogP contribution in [0.3, 0.4) is 0 Å². The molecule has 0 aliphatic rings. The lowest BCUT2D eigenvalue weighted by Gasteiger charge is -2.16. The van der Waals surface area contributed by atoms with Crippen LogP contribution in [0.2, 0.25) is 0 Å². The number of benzene rings is 1. The first kappa shape index (κ1) is 13.8. The number of para-hydroxylation sites is 1. The van der Waals surface area contributed by atoms with Gasteiger partial charge in [-0.2, -0.15) is 0 Å². The average molecular weight is 323 g/mol. The summed E-state index contributed by atoms with van der Waals surface area (Å²) in [6, 6.07) is 10.5. The van der Waals surface area contributed by atoms with Gasteiger partial charge >= 0.3 is 0 Å². The standard InChI is InChI=1S/C14H15BrN2O2/c1-19-13-5-3-2-4-11(13)12(16)9-17-8-10(15)6-7-14(17)18/h2-8,12H,9,16H2,1H3. The molecule has 5 heteroatoms. The SMILES string of the molecule is COc1ccccc1C(N)Cn1cc(Br)ccc1=O. The lowest BCUT2D eigenvalue weighted by atomic mass is 10.1. The van der Waals surface area contributed by atoms with Gasteiger partial charge in [-0.25, -0.2) is 0 Å². The number of hydrogen-bond acceptors (Lipinski definition) is 3. The fraction of sp³-hybridized carbons (Fsp3) is 0.214. The van der Waals surface area contributed by atoms with Gasteiger partial charge in [-0.15, -0.1) is 0 Å². The number of nitrogens with zero attached hydrogens (tertiary/aromatic N) is 1. The van der Waals surface area contributed by atoms with Gasteiger partial charge in [0.15, 0.2) is 0 Å². The van der Waals surface area contributed by atoms with E-state index in [0.717, 1.165) is 15.8 Å². The van der Waals surface area contributed by atoms with E-state index in [0.29, 0.717) is 6.54 Å². The maximum atomic E-state index is 11.7. The van der Waals surface area contributed by atoms with Crippen LogP contribution >= 0.6 is 15.9 Å². The van der Waals surface area contributed by atoms with Crippen molar-refractivity contribution in [3.8, 4) is 5.75 Å². The molecule has 1 aromatic carbocycles. The fourth-order valence-electron chi connectivity index (χ4n) is 1.93. The number of nitrogens with two attached hydrogens (primary N) is 1. The number of ether oxygens (including phenoxy) is 1. The number of pyridine rings is 1. The van der Waals surface area contributed by atoms with E-state index in [1.165, 1.54) is 6.07 Å². The molecular weight excluding hydrogens is 308 g/mol. The zero-order chi connectivity index (χ0) is 13.8. The Morgan fingerprint density at radius 3 is 2.79 bits per heavy atom. The molecule has 1 heterocycles. The lowest BCUT2D eigenvalue weighted by Crippen LogP contribution is -2.26. The van der Waals surface area contributed by atoms with E-state index in [-0.39, 0.29) is 11.6 Å². The number of methoxy groups -OCH3 is 1. The molecule has 0 fully saturated rings. The van der Waals surface area contributed by atoms with Crippen molar-refractivity contribution in [2.24, 2.45) is 5.73 Å². The molecule has 0 amide bonds. The van der Waals surface area contributed by atoms with Crippen molar-refractivity contribution < 1.29 is 4.74 Å². The summed E-state index contributed by atoms with van der Waals surface area (Å²) in [6.45, 7) is 0.401. The zero-order valence-corrected chi connectivity index (χ0v) is 12.1. The van der Waals surface area contributed by atoms with Gasteiger partial charge in [0.2, 0.25) is 0 Å². The normalized spacial score (nSPS) is 12.2. The Kier molecular flexibility index (Phi) is 4.39. The van der Waals surface area contributed by atoms with E-state index >= 15 is 0 Å². The topological polar surface area (TPSA) is 57.2 Å². The van der Waals surface area contributed by atoms with E-state index in [2.05, 4.69) is 15.9 Å². The summed E-state index contributed by atoms with van der Waals surface area (Å²) in [6.07, 6.45) is 1.73. The first-order valence-corrected chi connectivity index (χ1v) is 6.65. The summed E-state index contributed by atoms with van der Waals surface area (Å²) in [5.41, 5.74) is 6.98. The van der Waals surface area contributed by atoms with Gasteiger partial charge in [0, 0.05) is 28.8 Å². The third-order valence-electron chi connectivity index (χ3n) is 2.88. The van der Waals surface area contributed by atoms with Crippen LogP contribution in [-0.2, 0) is 6.54 Å². The minimum atomic E-state index is -0.303. The van der Waals surface area contributed by atoms with Gasteiger partial charge in [0.25, 0.3) is 5.56 Å². The van der Waals surface area contributed by atoms with Gasteiger partial charge in [-0.1, -0.05) is 18.2 Å².